The number of ketones is 2. The lowest BCUT2D eigenvalue weighted by atomic mass is 9.48. The summed E-state index contributed by atoms with van der Waals surface area (Å²) in [6.07, 6.45) is 6.92. The minimum atomic E-state index is -1.15. The highest BCUT2D eigenvalue weighted by Gasteiger charge is 2.65. The van der Waals surface area contributed by atoms with Gasteiger partial charge in [-0.25, -0.2) is 4.39 Å². The SMILES string of the molecule is CCC(=O)[C@@]1(C#CCO)CC[C@H]2[C@@H]3CC(F)C4=CC(=O)CCC4=C3C(c3ccc(N4CCCC4)cc3)C[C@@]21C. The predicted molar refractivity (Wildman–Crippen MR) is 151 cm³/mol. The Hall–Kier alpha value is -2.71. The van der Waals surface area contributed by atoms with Gasteiger partial charge in [-0.1, -0.05) is 43.4 Å². The molecule has 1 N–H and O–H groups in total. The summed E-state index contributed by atoms with van der Waals surface area (Å²) >= 11 is 0. The summed E-state index contributed by atoms with van der Waals surface area (Å²) in [5.74, 6) is 6.54. The third kappa shape index (κ3) is 4.05. The molecule has 0 amide bonds. The number of benzene rings is 1. The standard InChI is InChI=1S/C34H40FNO3/c1-3-31(39)34(14-6-18-37)15-13-29-27-20-30(35)26-19-24(38)11-12-25(26)32(27)28(21-33(29,34)2)22-7-9-23(10-8-22)36-16-4-5-17-36/h7-10,19,27-30,37H,3-5,11-13,15-18,20-21H2,1-2H3/t27-,28?,29-,30?,33-,34+/m0/s1. The van der Waals surface area contributed by atoms with E-state index in [1.165, 1.54) is 29.7 Å². The van der Waals surface area contributed by atoms with Crippen molar-refractivity contribution in [1.29, 1.82) is 0 Å². The molecule has 5 aliphatic rings. The van der Waals surface area contributed by atoms with Crippen molar-refractivity contribution in [2.24, 2.45) is 22.7 Å². The number of carbonyl (C=O) groups excluding carboxylic acids is 2. The molecule has 1 aliphatic heterocycles. The quantitative estimate of drug-likeness (QED) is 0.479. The van der Waals surface area contributed by atoms with Crippen LogP contribution in [0.5, 0.6) is 0 Å². The fourth-order valence-corrected chi connectivity index (χ4v) is 9.08. The van der Waals surface area contributed by atoms with E-state index in [-0.39, 0.29) is 35.9 Å². The van der Waals surface area contributed by atoms with Gasteiger partial charge in [-0.3, -0.25) is 9.59 Å². The van der Waals surface area contributed by atoms with Crippen LogP contribution in [0.25, 0.3) is 0 Å². The molecule has 2 unspecified atom stereocenters. The lowest BCUT2D eigenvalue weighted by molar-refractivity contribution is -0.132. The molecule has 0 bridgehead atoms. The van der Waals surface area contributed by atoms with Gasteiger partial charge in [0.1, 0.15) is 12.8 Å². The van der Waals surface area contributed by atoms with Gasteiger partial charge in [-0.15, -0.1) is 0 Å². The molecule has 0 aromatic heterocycles. The molecule has 4 aliphatic carbocycles. The summed E-state index contributed by atoms with van der Waals surface area (Å²) in [5.41, 5.74) is 4.17. The maximum Gasteiger partial charge on any atom is 0.156 e. The molecular weight excluding hydrogens is 489 g/mol. The zero-order chi connectivity index (χ0) is 27.4. The van der Waals surface area contributed by atoms with Crippen LogP contribution < -0.4 is 4.90 Å². The number of hydrogen-bond acceptors (Lipinski definition) is 4. The smallest absolute Gasteiger partial charge is 0.156 e. The summed E-state index contributed by atoms with van der Waals surface area (Å²) in [7, 11) is 0. The maximum atomic E-state index is 15.8. The topological polar surface area (TPSA) is 57.6 Å². The number of halogens is 1. The zero-order valence-electron chi connectivity index (χ0n) is 23.3. The van der Waals surface area contributed by atoms with Crippen LogP contribution in [0.4, 0.5) is 10.1 Å². The molecule has 2 saturated carbocycles. The van der Waals surface area contributed by atoms with Gasteiger partial charge in [-0.2, -0.15) is 0 Å². The molecule has 1 heterocycles. The first kappa shape index (κ1) is 26.5. The molecule has 5 heteroatoms. The summed E-state index contributed by atoms with van der Waals surface area (Å²) in [5, 5.41) is 9.61. The van der Waals surface area contributed by atoms with Gasteiger partial charge in [0.25, 0.3) is 0 Å². The summed E-state index contributed by atoms with van der Waals surface area (Å²) in [6.45, 7) is 6.03. The Kier molecular flexibility index (Phi) is 6.82. The van der Waals surface area contributed by atoms with E-state index < -0.39 is 17.0 Å². The normalized spacial score (nSPS) is 35.5. The van der Waals surface area contributed by atoms with Crippen LogP contribution in [-0.4, -0.2) is 42.5 Å². The van der Waals surface area contributed by atoms with Crippen molar-refractivity contribution in [2.45, 2.75) is 83.7 Å². The Bertz CT molecular complexity index is 1290. The Morgan fingerprint density at radius 1 is 1.18 bits per heavy atom. The van der Waals surface area contributed by atoms with E-state index in [1.54, 1.807) is 6.08 Å². The molecule has 0 radical (unpaired) electrons. The zero-order valence-corrected chi connectivity index (χ0v) is 23.3. The summed E-state index contributed by atoms with van der Waals surface area (Å²) in [6, 6.07) is 8.93. The lowest BCUT2D eigenvalue weighted by Gasteiger charge is -2.55. The van der Waals surface area contributed by atoms with E-state index in [0.29, 0.717) is 37.7 Å². The van der Waals surface area contributed by atoms with Crippen LogP contribution in [0.2, 0.25) is 0 Å². The number of alkyl halides is 1. The minimum Gasteiger partial charge on any atom is -0.384 e. The molecule has 6 rings (SSSR count). The number of anilines is 1. The summed E-state index contributed by atoms with van der Waals surface area (Å²) in [4.78, 5) is 28.5. The van der Waals surface area contributed by atoms with Gasteiger partial charge in [0.15, 0.2) is 11.6 Å². The van der Waals surface area contributed by atoms with E-state index in [4.69, 9.17) is 0 Å². The van der Waals surface area contributed by atoms with E-state index in [9.17, 15) is 14.7 Å². The number of rotatable bonds is 4. The molecule has 4 nitrogen and oxygen atoms in total. The Morgan fingerprint density at radius 3 is 2.62 bits per heavy atom. The van der Waals surface area contributed by atoms with Crippen LogP contribution in [-0.2, 0) is 9.59 Å². The van der Waals surface area contributed by atoms with Crippen LogP contribution >= 0.6 is 0 Å². The fourth-order valence-electron chi connectivity index (χ4n) is 9.08. The van der Waals surface area contributed by atoms with Gasteiger partial charge >= 0.3 is 0 Å². The number of aliphatic hydroxyl groups excluding tert-OH is 1. The number of fused-ring (bicyclic) bond motifs is 4. The number of nitrogens with zero attached hydrogens (tertiary/aromatic N) is 1. The second kappa shape index (κ2) is 10.0. The predicted octanol–water partition coefficient (Wildman–Crippen LogP) is 6.10. The van der Waals surface area contributed by atoms with Crippen LogP contribution in [0.3, 0.4) is 0 Å². The van der Waals surface area contributed by atoms with Gasteiger partial charge in [0.05, 0.1) is 5.41 Å². The first-order valence-corrected chi connectivity index (χ1v) is 14.9. The second-order valence-electron chi connectivity index (χ2n) is 12.6. The van der Waals surface area contributed by atoms with Crippen molar-refractivity contribution in [3.63, 3.8) is 0 Å². The molecule has 1 aromatic rings. The molecule has 206 valence electrons. The second-order valence-corrected chi connectivity index (χ2v) is 12.6. The number of allylic oxidation sites excluding steroid dienone is 4. The first-order valence-electron chi connectivity index (χ1n) is 14.9. The molecule has 0 spiro atoms. The van der Waals surface area contributed by atoms with Crippen molar-refractivity contribution in [3.8, 4) is 11.8 Å². The van der Waals surface area contributed by atoms with Crippen LogP contribution in [0.1, 0.15) is 83.1 Å². The van der Waals surface area contributed by atoms with Crippen molar-refractivity contribution < 1.29 is 19.1 Å². The number of carbonyl (C=O) groups is 2. The van der Waals surface area contributed by atoms with Gasteiger partial charge in [-0.05, 0) is 97.1 Å². The average molecular weight is 530 g/mol. The van der Waals surface area contributed by atoms with E-state index in [0.717, 1.165) is 31.5 Å². The Morgan fingerprint density at radius 2 is 1.92 bits per heavy atom. The third-order valence-corrected chi connectivity index (χ3v) is 10.9. The van der Waals surface area contributed by atoms with Crippen molar-refractivity contribution in [1.82, 2.24) is 0 Å². The van der Waals surface area contributed by atoms with Gasteiger partial charge < -0.3 is 10.0 Å². The number of hydrogen-bond donors (Lipinski definition) is 1. The molecule has 3 fully saturated rings. The third-order valence-electron chi connectivity index (χ3n) is 10.9. The Balaban J connectivity index is 1.51. The lowest BCUT2D eigenvalue weighted by Crippen LogP contribution is -2.51. The first-order chi connectivity index (χ1) is 18.8. The highest BCUT2D eigenvalue weighted by Crippen LogP contribution is 2.70. The fraction of sp³-hybridized carbons (Fsp3) is 0.588. The average Bonchev–Trinajstić information content (AvgIpc) is 3.58. The highest BCUT2D eigenvalue weighted by molar-refractivity contribution is 5.93. The minimum absolute atomic E-state index is 0.0184. The monoisotopic (exact) mass is 529 g/mol. The number of Topliss-reactive ketones (excluding diaryl/α,β-unsaturated/α-hetero) is 1. The van der Waals surface area contributed by atoms with Gasteiger partial charge in [0, 0.05) is 37.5 Å². The molecule has 6 atom stereocenters. The van der Waals surface area contributed by atoms with E-state index >= 15 is 4.39 Å². The maximum absolute atomic E-state index is 15.8. The van der Waals surface area contributed by atoms with Gasteiger partial charge in [0.2, 0.25) is 0 Å². The van der Waals surface area contributed by atoms with E-state index in [2.05, 4.69) is 47.9 Å². The Labute approximate surface area is 231 Å². The van der Waals surface area contributed by atoms with Crippen molar-refractivity contribution in [3.05, 3.63) is 52.6 Å². The largest absolute Gasteiger partial charge is 0.384 e. The summed E-state index contributed by atoms with van der Waals surface area (Å²) < 4.78 is 15.8. The highest BCUT2D eigenvalue weighted by atomic mass is 19.1. The van der Waals surface area contributed by atoms with Crippen LogP contribution in [0, 0.1) is 34.5 Å². The van der Waals surface area contributed by atoms with E-state index in [1.807, 2.05) is 6.92 Å². The molecule has 39 heavy (non-hydrogen) atoms. The van der Waals surface area contributed by atoms with Crippen LogP contribution in [0.15, 0.2) is 47.1 Å². The van der Waals surface area contributed by atoms with Crippen molar-refractivity contribution in [2.75, 3.05) is 24.6 Å². The molecular formula is C34H40FNO3. The molecule has 1 aromatic carbocycles. The van der Waals surface area contributed by atoms with Crippen molar-refractivity contribution >= 4 is 17.3 Å². The number of aliphatic hydroxyl groups is 1. The molecule has 1 saturated heterocycles.